The van der Waals surface area contributed by atoms with Crippen LogP contribution < -0.4 is 14.2 Å². The minimum absolute atomic E-state index is 0.428. The van der Waals surface area contributed by atoms with E-state index in [1.165, 1.54) is 5.39 Å². The third kappa shape index (κ3) is 4.52. The van der Waals surface area contributed by atoms with E-state index in [9.17, 15) is 0 Å². The second-order valence-electron chi connectivity index (χ2n) is 12.7. The maximum atomic E-state index is 7.05. The van der Waals surface area contributed by atoms with Gasteiger partial charge in [-0.25, -0.2) is 9.88 Å². The van der Waals surface area contributed by atoms with Crippen LogP contribution in [-0.2, 0) is 7.05 Å². The van der Waals surface area contributed by atoms with Crippen LogP contribution in [0.2, 0.25) is 0 Å². The number of para-hydroxylation sites is 3. The molecule has 242 valence electrons. The Morgan fingerprint density at radius 1 is 0.608 bits per heavy atom. The van der Waals surface area contributed by atoms with Crippen molar-refractivity contribution < 1.29 is 13.7 Å². The van der Waals surface area contributed by atoms with Gasteiger partial charge in [0.05, 0.1) is 16.6 Å². The Bertz CT molecular complexity index is 2760. The number of aromatic nitrogens is 4. The normalized spacial score (nSPS) is 12.2. The number of aryl methyl sites for hydroxylation is 2. The van der Waals surface area contributed by atoms with E-state index in [0.29, 0.717) is 35.0 Å². The highest BCUT2D eigenvalue weighted by Gasteiger charge is 2.37. The fraction of sp³-hybridized carbons (Fsp3) is 0.0455. The van der Waals surface area contributed by atoms with E-state index < -0.39 is 0 Å². The Labute approximate surface area is 293 Å². The number of anilines is 3. The molecule has 1 aliphatic rings. The summed E-state index contributed by atoms with van der Waals surface area (Å²) in [5.74, 6) is 3.35. The summed E-state index contributed by atoms with van der Waals surface area (Å²) in [6, 6.07) is 49.2. The average molecular weight is 661 g/mol. The first kappa shape index (κ1) is 29.1. The predicted octanol–water partition coefficient (Wildman–Crippen LogP) is 10.6. The Kier molecular flexibility index (Phi) is 6.48. The lowest BCUT2D eigenvalue weighted by Crippen LogP contribution is -2.32. The van der Waals surface area contributed by atoms with Crippen LogP contribution in [0.3, 0.4) is 0 Å². The average Bonchev–Trinajstić information content (AvgIpc) is 3.57. The van der Waals surface area contributed by atoms with Crippen LogP contribution in [-0.4, -0.2) is 15.0 Å². The third-order valence-corrected chi connectivity index (χ3v) is 9.79. The number of fused-ring (bicyclic) bond motifs is 7. The molecule has 0 atom stereocenters. The Balaban J connectivity index is 1.30. The van der Waals surface area contributed by atoms with Crippen molar-refractivity contribution in [3.05, 3.63) is 151 Å². The van der Waals surface area contributed by atoms with Gasteiger partial charge in [0, 0.05) is 34.0 Å². The molecule has 3 aromatic heterocycles. The molecular weight excluding hydrogens is 631 g/mol. The summed E-state index contributed by atoms with van der Waals surface area (Å²) in [5.41, 5.74) is 7.65. The molecule has 0 spiro atoms. The second kappa shape index (κ2) is 11.4. The third-order valence-electron chi connectivity index (χ3n) is 9.79. The molecule has 0 bridgehead atoms. The van der Waals surface area contributed by atoms with Crippen molar-refractivity contribution in [3.63, 3.8) is 0 Å². The predicted molar refractivity (Wildman–Crippen MR) is 202 cm³/mol. The molecule has 0 N–H and O–H groups in total. The number of hydrogen-bond acceptors (Lipinski definition) is 6. The molecule has 0 saturated carbocycles. The largest absolute Gasteiger partial charge is 0.449 e. The molecule has 7 heteroatoms. The van der Waals surface area contributed by atoms with Gasteiger partial charge in [0.2, 0.25) is 17.2 Å². The van der Waals surface area contributed by atoms with Crippen molar-refractivity contribution in [2.45, 2.75) is 6.92 Å². The number of pyridine rings is 1. The first-order chi connectivity index (χ1) is 25.1. The zero-order chi connectivity index (χ0) is 34.1. The lowest BCUT2D eigenvalue weighted by atomic mass is 9.93. The number of rotatable bonds is 4. The number of furan rings is 1. The maximum Gasteiger partial charge on any atom is 0.251 e. The molecule has 51 heavy (non-hydrogen) atoms. The highest BCUT2D eigenvalue weighted by atomic mass is 16.5. The van der Waals surface area contributed by atoms with Gasteiger partial charge in [-0.1, -0.05) is 109 Å². The molecular formula is C44H30N5O2+. The summed E-state index contributed by atoms with van der Waals surface area (Å²) < 4.78 is 16.2. The number of ether oxygens (including phenoxy) is 1. The van der Waals surface area contributed by atoms with Crippen molar-refractivity contribution >= 4 is 50.2 Å². The van der Waals surface area contributed by atoms with Crippen LogP contribution >= 0.6 is 0 Å². The summed E-state index contributed by atoms with van der Waals surface area (Å²) in [7, 11) is 2.12. The van der Waals surface area contributed by atoms with E-state index in [1.807, 2.05) is 89.8 Å². The van der Waals surface area contributed by atoms with Crippen LogP contribution in [0.25, 0.3) is 66.7 Å². The zero-order valence-corrected chi connectivity index (χ0v) is 27.9. The summed E-state index contributed by atoms with van der Waals surface area (Å²) in [6.45, 7) is 2.19. The van der Waals surface area contributed by atoms with Crippen molar-refractivity contribution in [2.24, 2.45) is 7.05 Å². The number of benzene rings is 6. The molecule has 9 aromatic rings. The Morgan fingerprint density at radius 3 is 1.98 bits per heavy atom. The van der Waals surface area contributed by atoms with Gasteiger partial charge >= 0.3 is 0 Å². The molecule has 0 amide bonds. The van der Waals surface area contributed by atoms with E-state index in [2.05, 4.69) is 79.2 Å². The smallest absolute Gasteiger partial charge is 0.251 e. The molecule has 0 aliphatic carbocycles. The summed E-state index contributed by atoms with van der Waals surface area (Å²) in [5, 5.41) is 4.18. The standard InChI is InChI=1S/C44H30N5O2/c1-27-31-20-10-11-21-32(31)39-38(37(27)35-26-25-28-15-9-12-22-33(28)48(35)2)40-43(51-39)49(34-23-13-14-24-36(34)50-40)44-46-41(29-16-5-3-6-17-29)45-42(47-44)30-18-7-4-8-19-30/h3-26H,1-2H3/q+1. The summed E-state index contributed by atoms with van der Waals surface area (Å²) >= 11 is 0. The summed E-state index contributed by atoms with van der Waals surface area (Å²) in [4.78, 5) is 17.2. The van der Waals surface area contributed by atoms with E-state index in [1.54, 1.807) is 0 Å². The van der Waals surface area contributed by atoms with Gasteiger partial charge in [-0.2, -0.15) is 14.5 Å². The fourth-order valence-corrected chi connectivity index (χ4v) is 7.35. The highest BCUT2D eigenvalue weighted by molar-refractivity contribution is 6.17. The van der Waals surface area contributed by atoms with Crippen LogP contribution in [0.4, 0.5) is 17.5 Å². The topological polar surface area (TPSA) is 68.2 Å². The van der Waals surface area contributed by atoms with Crippen LogP contribution in [0.1, 0.15) is 5.56 Å². The first-order valence-corrected chi connectivity index (χ1v) is 16.9. The van der Waals surface area contributed by atoms with Crippen molar-refractivity contribution in [2.75, 3.05) is 4.90 Å². The highest BCUT2D eigenvalue weighted by Crippen LogP contribution is 2.57. The van der Waals surface area contributed by atoms with Gasteiger partial charge in [0.15, 0.2) is 23.1 Å². The van der Waals surface area contributed by atoms with Crippen molar-refractivity contribution in [3.8, 4) is 45.5 Å². The quantitative estimate of drug-likeness (QED) is 0.175. The number of hydrogen-bond donors (Lipinski definition) is 0. The molecule has 0 radical (unpaired) electrons. The lowest BCUT2D eigenvalue weighted by molar-refractivity contribution is -0.633. The first-order valence-electron chi connectivity index (χ1n) is 16.9. The Hall–Kier alpha value is -6.86. The van der Waals surface area contributed by atoms with Crippen LogP contribution in [0, 0.1) is 6.92 Å². The van der Waals surface area contributed by atoms with E-state index in [0.717, 1.165) is 60.9 Å². The monoisotopic (exact) mass is 660 g/mol. The molecule has 6 aromatic carbocycles. The maximum absolute atomic E-state index is 7.05. The fourth-order valence-electron chi connectivity index (χ4n) is 7.35. The zero-order valence-electron chi connectivity index (χ0n) is 27.9. The van der Waals surface area contributed by atoms with Gasteiger partial charge < -0.3 is 9.15 Å². The minimum atomic E-state index is 0.428. The van der Waals surface area contributed by atoms with Crippen LogP contribution in [0.5, 0.6) is 11.5 Å². The van der Waals surface area contributed by atoms with Gasteiger partial charge in [0.1, 0.15) is 12.6 Å². The van der Waals surface area contributed by atoms with Gasteiger partial charge in [0.25, 0.3) is 5.88 Å². The van der Waals surface area contributed by atoms with Gasteiger partial charge in [-0.05, 0) is 42.1 Å². The second-order valence-corrected chi connectivity index (χ2v) is 12.7. The summed E-state index contributed by atoms with van der Waals surface area (Å²) in [6.07, 6.45) is 0. The molecule has 0 unspecified atom stereocenters. The van der Waals surface area contributed by atoms with Gasteiger partial charge in [-0.15, -0.1) is 0 Å². The van der Waals surface area contributed by atoms with E-state index in [4.69, 9.17) is 24.1 Å². The van der Waals surface area contributed by atoms with Gasteiger partial charge in [-0.3, -0.25) is 0 Å². The SMILES string of the molecule is Cc1c(-c2ccc3ccccc3[n+]2C)c2c3c(oc2c2ccccc12)N(c1nc(-c2ccccc2)nc(-c2ccccc2)n1)c1ccccc1O3. The molecule has 0 saturated heterocycles. The molecule has 0 fully saturated rings. The lowest BCUT2D eigenvalue weighted by Gasteiger charge is -2.28. The minimum Gasteiger partial charge on any atom is -0.449 e. The molecule has 10 rings (SSSR count). The van der Waals surface area contributed by atoms with E-state index >= 15 is 0 Å². The van der Waals surface area contributed by atoms with E-state index in [-0.39, 0.29) is 0 Å². The molecule has 4 heterocycles. The van der Waals surface area contributed by atoms with Crippen molar-refractivity contribution in [1.29, 1.82) is 0 Å². The number of nitrogens with zero attached hydrogens (tertiary/aromatic N) is 5. The van der Waals surface area contributed by atoms with Crippen LogP contribution in [0.15, 0.2) is 150 Å². The van der Waals surface area contributed by atoms with Crippen molar-refractivity contribution in [1.82, 2.24) is 15.0 Å². The molecule has 1 aliphatic heterocycles. The Morgan fingerprint density at radius 2 is 1.24 bits per heavy atom. The molecule has 7 nitrogen and oxygen atoms in total.